The molecule has 0 aliphatic heterocycles. The summed E-state index contributed by atoms with van der Waals surface area (Å²) in [5.41, 5.74) is 2.59. The molecule has 0 unspecified atom stereocenters. The fourth-order valence-electron chi connectivity index (χ4n) is 3.50. The molecule has 0 saturated carbocycles. The molecule has 36 heavy (non-hydrogen) atoms. The zero-order chi connectivity index (χ0) is 26.1. The van der Waals surface area contributed by atoms with Gasteiger partial charge >= 0.3 is 6.09 Å². The molecule has 3 rings (SSSR count). The number of sulfonamides is 1. The Morgan fingerprint density at radius 1 is 1.03 bits per heavy atom. The molecular formula is C27H32N2O5S2. The van der Waals surface area contributed by atoms with Crippen molar-refractivity contribution in [1.29, 1.82) is 0 Å². The molecule has 0 spiro atoms. The number of benzene rings is 2. The maximum absolute atomic E-state index is 13.1. The highest BCUT2D eigenvalue weighted by molar-refractivity contribution is 7.92. The molecule has 1 heterocycles. The van der Waals surface area contributed by atoms with Crippen LogP contribution in [0.2, 0.25) is 0 Å². The van der Waals surface area contributed by atoms with Crippen LogP contribution in [0.15, 0.2) is 64.9 Å². The molecule has 1 aromatic heterocycles. The highest BCUT2D eigenvalue weighted by atomic mass is 32.2. The highest BCUT2D eigenvalue weighted by Gasteiger charge is 2.26. The fraction of sp³-hybridized carbons (Fsp3) is 0.333. The molecule has 0 aliphatic carbocycles. The minimum Gasteiger partial charge on any atom is -0.449 e. The van der Waals surface area contributed by atoms with E-state index in [4.69, 9.17) is 4.74 Å². The van der Waals surface area contributed by atoms with Crippen LogP contribution in [0.4, 0.5) is 4.79 Å². The van der Waals surface area contributed by atoms with Gasteiger partial charge in [-0.25, -0.2) is 17.9 Å². The van der Waals surface area contributed by atoms with Crippen molar-refractivity contribution < 1.29 is 22.7 Å². The second-order valence-corrected chi connectivity index (χ2v) is 11.9. The van der Waals surface area contributed by atoms with E-state index in [0.29, 0.717) is 42.0 Å². The van der Waals surface area contributed by atoms with Crippen LogP contribution in [-0.4, -0.2) is 27.0 Å². The molecule has 2 N–H and O–H groups in total. The summed E-state index contributed by atoms with van der Waals surface area (Å²) in [6, 6.07) is 18.2. The molecule has 9 heteroatoms. The number of rotatable bonds is 11. The van der Waals surface area contributed by atoms with Crippen LogP contribution in [0.5, 0.6) is 0 Å². The standard InChI is InChI=1S/C27H32N2O5S2/c1-4-5-15-34-27(31)29-36(32,33)26-24(17-23(35-26)16-19(2)3)21-11-13-22(14-12-21)25(30)28-18-20-9-7-6-8-10-20/h6-14,17,19H,4-5,15-16,18H2,1-3H3,(H,28,30)(H,29,31)/i25-1. The first-order valence-corrected chi connectivity index (χ1v) is 14.2. The van der Waals surface area contributed by atoms with Crippen LogP contribution in [-0.2, 0) is 27.7 Å². The lowest BCUT2D eigenvalue weighted by Gasteiger charge is -2.09. The van der Waals surface area contributed by atoms with Crippen molar-refractivity contribution in [2.45, 2.75) is 50.8 Å². The summed E-state index contributed by atoms with van der Waals surface area (Å²) in [4.78, 5) is 25.5. The first kappa shape index (κ1) is 27.4. The van der Waals surface area contributed by atoms with Gasteiger partial charge in [0.05, 0.1) is 6.61 Å². The number of amides is 2. The summed E-state index contributed by atoms with van der Waals surface area (Å²) in [6.07, 6.45) is 1.20. The summed E-state index contributed by atoms with van der Waals surface area (Å²) in [6.45, 7) is 6.62. The van der Waals surface area contributed by atoms with E-state index in [9.17, 15) is 18.0 Å². The maximum Gasteiger partial charge on any atom is 0.421 e. The third kappa shape index (κ3) is 7.66. The predicted octanol–water partition coefficient (Wildman–Crippen LogP) is 5.76. The Morgan fingerprint density at radius 3 is 2.36 bits per heavy atom. The van der Waals surface area contributed by atoms with Crippen molar-refractivity contribution in [3.63, 3.8) is 0 Å². The lowest BCUT2D eigenvalue weighted by molar-refractivity contribution is 0.0950. The number of hydrogen-bond acceptors (Lipinski definition) is 6. The average Bonchev–Trinajstić information content (AvgIpc) is 3.27. The van der Waals surface area contributed by atoms with Crippen LogP contribution < -0.4 is 10.0 Å². The number of hydrogen-bond donors (Lipinski definition) is 2. The quantitative estimate of drug-likeness (QED) is 0.309. The highest BCUT2D eigenvalue weighted by Crippen LogP contribution is 2.36. The van der Waals surface area contributed by atoms with Gasteiger partial charge in [0.15, 0.2) is 0 Å². The van der Waals surface area contributed by atoms with Gasteiger partial charge in [-0.15, -0.1) is 11.3 Å². The van der Waals surface area contributed by atoms with Gasteiger partial charge in [-0.3, -0.25) is 4.79 Å². The van der Waals surface area contributed by atoms with E-state index >= 15 is 0 Å². The van der Waals surface area contributed by atoms with Crippen molar-refractivity contribution >= 4 is 33.4 Å². The van der Waals surface area contributed by atoms with Gasteiger partial charge in [-0.1, -0.05) is 69.7 Å². The summed E-state index contributed by atoms with van der Waals surface area (Å²) in [5, 5.41) is 2.88. The van der Waals surface area contributed by atoms with Gasteiger partial charge in [0.2, 0.25) is 0 Å². The number of carbonyl (C=O) groups excluding carboxylic acids is 2. The summed E-state index contributed by atoms with van der Waals surface area (Å²) in [7, 11) is -4.14. The van der Waals surface area contributed by atoms with Crippen molar-refractivity contribution in [3.8, 4) is 11.1 Å². The minimum atomic E-state index is -4.14. The normalized spacial score (nSPS) is 11.3. The van der Waals surface area contributed by atoms with Crippen molar-refractivity contribution in [2.24, 2.45) is 5.92 Å². The third-order valence-electron chi connectivity index (χ3n) is 5.31. The van der Waals surface area contributed by atoms with E-state index in [0.717, 1.165) is 28.2 Å². The number of ether oxygens (including phenoxy) is 1. The van der Waals surface area contributed by atoms with Gasteiger partial charge in [0, 0.05) is 22.5 Å². The van der Waals surface area contributed by atoms with Crippen molar-refractivity contribution in [2.75, 3.05) is 6.61 Å². The predicted molar refractivity (Wildman–Crippen MR) is 142 cm³/mol. The number of thiophene rings is 1. The lowest BCUT2D eigenvalue weighted by Crippen LogP contribution is -2.31. The molecule has 7 nitrogen and oxygen atoms in total. The summed E-state index contributed by atoms with van der Waals surface area (Å²) >= 11 is 1.14. The molecule has 0 radical (unpaired) electrons. The van der Waals surface area contributed by atoms with Gasteiger partial charge in [-0.05, 0) is 48.1 Å². The van der Waals surface area contributed by atoms with Crippen LogP contribution in [0.25, 0.3) is 11.1 Å². The Balaban J connectivity index is 1.81. The monoisotopic (exact) mass is 527 g/mol. The molecule has 2 amide bonds. The van der Waals surface area contributed by atoms with Gasteiger partial charge in [0.25, 0.3) is 15.9 Å². The molecular weight excluding hydrogens is 495 g/mol. The van der Waals surface area contributed by atoms with Crippen LogP contribution in [0, 0.1) is 5.92 Å². The second-order valence-electron chi connectivity index (χ2n) is 8.85. The molecule has 0 atom stereocenters. The van der Waals surface area contributed by atoms with E-state index in [2.05, 4.69) is 19.2 Å². The molecule has 192 valence electrons. The molecule has 2 aromatic carbocycles. The molecule has 0 aliphatic rings. The van der Waals surface area contributed by atoms with Gasteiger partial charge < -0.3 is 10.1 Å². The second kappa shape index (κ2) is 12.7. The number of carbonyl (C=O) groups is 2. The van der Waals surface area contributed by atoms with Crippen LogP contribution >= 0.6 is 11.3 Å². The van der Waals surface area contributed by atoms with Gasteiger partial charge in [-0.2, -0.15) is 0 Å². The largest absolute Gasteiger partial charge is 0.449 e. The SMILES string of the molecule is CCCCOC(=O)NS(=O)(=O)c1sc(CC(C)C)cc1-c1ccc([11C](=O)NCc2ccccc2)cc1. The minimum absolute atomic E-state index is 0.0480. The zero-order valence-corrected chi connectivity index (χ0v) is 22.4. The summed E-state index contributed by atoms with van der Waals surface area (Å²) < 4.78 is 33.3. The molecule has 0 saturated heterocycles. The van der Waals surface area contributed by atoms with E-state index in [1.807, 2.05) is 48.0 Å². The van der Waals surface area contributed by atoms with Gasteiger partial charge in [0.1, 0.15) is 4.21 Å². The third-order valence-corrected chi connectivity index (χ3v) is 8.31. The van der Waals surface area contributed by atoms with Crippen molar-refractivity contribution in [3.05, 3.63) is 76.7 Å². The van der Waals surface area contributed by atoms with E-state index in [1.54, 1.807) is 24.3 Å². The Bertz CT molecular complexity index is 1270. The topological polar surface area (TPSA) is 102 Å². The number of unbranched alkanes of at least 4 members (excludes halogenated alkanes) is 1. The molecule has 0 fully saturated rings. The Morgan fingerprint density at radius 2 is 1.72 bits per heavy atom. The Labute approximate surface area is 216 Å². The lowest BCUT2D eigenvalue weighted by atomic mass is 9.87. The van der Waals surface area contributed by atoms with Crippen LogP contribution in [0.3, 0.4) is 0 Å². The Kier molecular flexibility index (Phi) is 9.66. The average molecular weight is 528 g/mol. The van der Waals surface area contributed by atoms with E-state index < -0.39 is 16.1 Å². The maximum atomic E-state index is 13.1. The molecule has 3 aromatic rings. The number of nitrogens with one attached hydrogen (secondary N) is 2. The Hall–Kier alpha value is -3.17. The van der Waals surface area contributed by atoms with Crippen LogP contribution in [0.1, 0.15) is 54.4 Å². The molecule has 0 bridgehead atoms. The summed E-state index contributed by atoms with van der Waals surface area (Å²) in [5.74, 6) is 0.107. The first-order valence-electron chi connectivity index (χ1n) is 11.9. The zero-order valence-electron chi connectivity index (χ0n) is 20.7. The van der Waals surface area contributed by atoms with E-state index in [-0.39, 0.29) is 16.7 Å². The van der Waals surface area contributed by atoms with E-state index in [1.165, 1.54) is 0 Å². The smallest absolute Gasteiger partial charge is 0.421 e. The fourth-order valence-corrected chi connectivity index (χ4v) is 6.34. The first-order chi connectivity index (χ1) is 17.2. The van der Waals surface area contributed by atoms with Crippen molar-refractivity contribution in [1.82, 2.24) is 10.0 Å².